The van der Waals surface area contributed by atoms with Crippen molar-refractivity contribution in [2.75, 3.05) is 13.1 Å². The minimum atomic E-state index is -0.705. The first-order valence-corrected chi connectivity index (χ1v) is 8.82. The van der Waals surface area contributed by atoms with E-state index in [0.717, 1.165) is 49.2 Å². The summed E-state index contributed by atoms with van der Waals surface area (Å²) in [4.78, 5) is 25.8. The summed E-state index contributed by atoms with van der Waals surface area (Å²) in [6.07, 6.45) is 4.65. The van der Waals surface area contributed by atoms with Crippen LogP contribution in [0.25, 0.3) is 0 Å². The Kier molecular flexibility index (Phi) is 4.58. The fraction of sp³-hybridized carbons (Fsp3) is 0.611. The number of piperidine rings is 1. The van der Waals surface area contributed by atoms with Crippen molar-refractivity contribution in [1.29, 1.82) is 0 Å². The number of hydrogen-bond donors (Lipinski definition) is 2. The van der Waals surface area contributed by atoms with Gasteiger partial charge < -0.3 is 15.1 Å². The first kappa shape index (κ1) is 17.5. The molecule has 3 amide bonds. The van der Waals surface area contributed by atoms with Crippen molar-refractivity contribution in [3.8, 4) is 0 Å². The number of nitrogens with one attached hydrogen (secondary N) is 1. The van der Waals surface area contributed by atoms with Gasteiger partial charge in [-0.2, -0.15) is 5.10 Å². The highest BCUT2D eigenvalue weighted by atomic mass is 16.4. The highest BCUT2D eigenvalue weighted by molar-refractivity contribution is 6.07. The average Bonchev–Trinajstić information content (AvgIpc) is 2.88. The predicted molar refractivity (Wildman–Crippen MR) is 94.6 cm³/mol. The van der Waals surface area contributed by atoms with Crippen molar-refractivity contribution >= 4 is 17.6 Å². The van der Waals surface area contributed by atoms with Crippen molar-refractivity contribution in [2.24, 2.45) is 16.3 Å². The van der Waals surface area contributed by atoms with Gasteiger partial charge in [-0.3, -0.25) is 4.79 Å². The van der Waals surface area contributed by atoms with Gasteiger partial charge in [-0.1, -0.05) is 13.8 Å². The molecule has 7 heteroatoms. The van der Waals surface area contributed by atoms with Crippen LogP contribution < -0.4 is 11.2 Å². The quantitative estimate of drug-likeness (QED) is 0.805. The Labute approximate surface area is 147 Å². The number of furan rings is 1. The molecule has 1 aliphatic carbocycles. The maximum Gasteiger partial charge on any atom is 0.332 e. The van der Waals surface area contributed by atoms with Gasteiger partial charge in [-0.15, -0.1) is 0 Å². The van der Waals surface area contributed by atoms with Gasteiger partial charge in [0.25, 0.3) is 5.91 Å². The molecular formula is C18H26N4O3. The first-order valence-electron chi connectivity index (χ1n) is 8.82. The maximum absolute atomic E-state index is 12.9. The number of nitrogens with zero attached hydrogens (tertiary/aromatic N) is 2. The fourth-order valence-corrected chi connectivity index (χ4v) is 3.78. The molecular weight excluding hydrogens is 320 g/mol. The Hall–Kier alpha value is -2.31. The highest BCUT2D eigenvalue weighted by Crippen LogP contribution is 2.39. The molecule has 25 heavy (non-hydrogen) atoms. The number of hydrogen-bond acceptors (Lipinski definition) is 4. The number of carbonyl (C=O) groups is 2. The van der Waals surface area contributed by atoms with Crippen LogP contribution in [0.2, 0.25) is 0 Å². The van der Waals surface area contributed by atoms with E-state index in [1.807, 2.05) is 11.8 Å². The molecule has 0 aromatic carbocycles. The molecule has 0 atom stereocenters. The summed E-state index contributed by atoms with van der Waals surface area (Å²) in [5, 5.41) is 4.17. The predicted octanol–water partition coefficient (Wildman–Crippen LogP) is 2.56. The minimum absolute atomic E-state index is 0.0494. The Morgan fingerprint density at radius 3 is 2.52 bits per heavy atom. The number of hydrazone groups is 1. The summed E-state index contributed by atoms with van der Waals surface area (Å²) < 4.78 is 6.01. The van der Waals surface area contributed by atoms with Gasteiger partial charge in [0.15, 0.2) is 5.76 Å². The van der Waals surface area contributed by atoms with Gasteiger partial charge in [-0.05, 0) is 38.0 Å². The van der Waals surface area contributed by atoms with Crippen LogP contribution in [0.15, 0.2) is 9.52 Å². The summed E-state index contributed by atoms with van der Waals surface area (Å²) in [5.74, 6) is 1.11. The van der Waals surface area contributed by atoms with Crippen molar-refractivity contribution in [3.05, 3.63) is 22.6 Å². The number of nitrogens with two attached hydrogens (primary N) is 1. The summed E-state index contributed by atoms with van der Waals surface area (Å²) in [7, 11) is 0. The monoisotopic (exact) mass is 346 g/mol. The van der Waals surface area contributed by atoms with Gasteiger partial charge in [0, 0.05) is 30.6 Å². The van der Waals surface area contributed by atoms with E-state index in [0.29, 0.717) is 17.9 Å². The van der Waals surface area contributed by atoms with E-state index in [9.17, 15) is 9.59 Å². The molecule has 3 N–H and O–H groups in total. The third-order valence-corrected chi connectivity index (χ3v) is 4.93. The van der Waals surface area contributed by atoms with Crippen LogP contribution in [-0.2, 0) is 6.42 Å². The lowest BCUT2D eigenvalue weighted by molar-refractivity contribution is 0.0688. The maximum atomic E-state index is 12.9. The van der Waals surface area contributed by atoms with Crippen molar-refractivity contribution in [3.63, 3.8) is 0 Å². The second-order valence-corrected chi connectivity index (χ2v) is 7.76. The van der Waals surface area contributed by atoms with Crippen LogP contribution in [0, 0.1) is 12.3 Å². The summed E-state index contributed by atoms with van der Waals surface area (Å²) in [6.45, 7) is 7.66. The van der Waals surface area contributed by atoms with Gasteiger partial charge in [0.1, 0.15) is 5.76 Å². The van der Waals surface area contributed by atoms with Crippen molar-refractivity contribution < 1.29 is 14.0 Å². The Morgan fingerprint density at radius 1 is 1.20 bits per heavy atom. The van der Waals surface area contributed by atoms with Crippen molar-refractivity contribution in [2.45, 2.75) is 52.9 Å². The molecule has 0 unspecified atom stereocenters. The first-order chi connectivity index (χ1) is 11.8. The second kappa shape index (κ2) is 6.54. The van der Waals surface area contributed by atoms with Gasteiger partial charge in [-0.25, -0.2) is 10.2 Å². The molecule has 0 spiro atoms. The second-order valence-electron chi connectivity index (χ2n) is 7.76. The SMILES string of the molecule is Cc1c(C(=O)N2CCCCC2)oc2c1/C(=N\NC(N)=O)CC(C)(C)C2. The zero-order valence-electron chi connectivity index (χ0n) is 15.1. The van der Waals surface area contributed by atoms with Crippen LogP contribution in [0.4, 0.5) is 4.79 Å². The third kappa shape index (κ3) is 3.55. The molecule has 0 bridgehead atoms. The fourth-order valence-electron chi connectivity index (χ4n) is 3.78. The molecule has 1 aromatic rings. The van der Waals surface area contributed by atoms with Gasteiger partial charge in [0.05, 0.1) is 5.71 Å². The molecule has 136 valence electrons. The average molecular weight is 346 g/mol. The topological polar surface area (TPSA) is 101 Å². The number of primary amides is 1. The summed E-state index contributed by atoms with van der Waals surface area (Å²) in [6, 6.07) is -0.705. The summed E-state index contributed by atoms with van der Waals surface area (Å²) >= 11 is 0. The van der Waals surface area contributed by atoms with Crippen LogP contribution in [0.1, 0.15) is 67.0 Å². The Balaban J connectivity index is 1.98. The van der Waals surface area contributed by atoms with E-state index >= 15 is 0 Å². The molecule has 1 aromatic heterocycles. The molecule has 1 fully saturated rings. The van der Waals surface area contributed by atoms with Gasteiger partial charge >= 0.3 is 6.03 Å². The van der Waals surface area contributed by atoms with Crippen LogP contribution >= 0.6 is 0 Å². The standard InChI is InChI=1S/C18H26N4O3/c1-11-14-12(20-21-17(19)24)9-18(2,3)10-13(14)25-15(11)16(23)22-7-5-4-6-8-22/h4-10H2,1-3H3,(H3,19,21,24)/b20-12-. The van der Waals surface area contributed by atoms with Crippen molar-refractivity contribution in [1.82, 2.24) is 10.3 Å². The smallest absolute Gasteiger partial charge is 0.332 e. The van der Waals surface area contributed by atoms with E-state index < -0.39 is 6.03 Å². The molecule has 0 radical (unpaired) electrons. The van der Waals surface area contributed by atoms with Crippen LogP contribution in [0.5, 0.6) is 0 Å². The van der Waals surface area contributed by atoms with E-state index in [1.165, 1.54) is 6.42 Å². The number of rotatable bonds is 2. The van der Waals surface area contributed by atoms with Gasteiger partial charge in [0.2, 0.25) is 0 Å². The summed E-state index contributed by atoms with van der Waals surface area (Å²) in [5.41, 5.74) is 9.74. The Morgan fingerprint density at radius 2 is 1.88 bits per heavy atom. The number of likely N-dealkylation sites (tertiary alicyclic amines) is 1. The number of amides is 3. The van der Waals surface area contributed by atoms with Crippen LogP contribution in [-0.4, -0.2) is 35.6 Å². The molecule has 1 saturated heterocycles. The Bertz CT molecular complexity index is 727. The lowest BCUT2D eigenvalue weighted by Gasteiger charge is -2.29. The zero-order valence-corrected chi connectivity index (χ0v) is 15.1. The third-order valence-electron chi connectivity index (χ3n) is 4.93. The van der Waals surface area contributed by atoms with E-state index in [4.69, 9.17) is 10.2 Å². The minimum Gasteiger partial charge on any atom is -0.455 e. The largest absolute Gasteiger partial charge is 0.455 e. The normalized spacial score (nSPS) is 21.1. The molecule has 0 saturated carbocycles. The molecule has 1 aliphatic heterocycles. The van der Waals surface area contributed by atoms with Crippen LogP contribution in [0.3, 0.4) is 0 Å². The molecule has 3 rings (SSSR count). The number of carbonyl (C=O) groups excluding carboxylic acids is 2. The zero-order chi connectivity index (χ0) is 18.2. The lowest BCUT2D eigenvalue weighted by Crippen LogP contribution is -2.35. The number of urea groups is 1. The molecule has 7 nitrogen and oxygen atoms in total. The lowest BCUT2D eigenvalue weighted by atomic mass is 9.75. The van der Waals surface area contributed by atoms with E-state index in [1.54, 1.807) is 0 Å². The molecule has 2 aliphatic rings. The highest BCUT2D eigenvalue weighted by Gasteiger charge is 2.37. The number of fused-ring (bicyclic) bond motifs is 1. The van der Waals surface area contributed by atoms with E-state index in [-0.39, 0.29) is 11.3 Å². The van der Waals surface area contributed by atoms with E-state index in [2.05, 4.69) is 24.4 Å². The molecule has 2 heterocycles.